The summed E-state index contributed by atoms with van der Waals surface area (Å²) in [5, 5.41) is 10.6. The van der Waals surface area contributed by atoms with Crippen LogP contribution in [-0.4, -0.2) is 26.0 Å². The maximum atomic E-state index is 11.8. The second kappa shape index (κ2) is 7.59. The SMILES string of the molecule is CC(C)C(CNS(=O)(=O)C=Cc1ccc(Cl)cc1)C(=O)O. The molecule has 1 unspecified atom stereocenters. The van der Waals surface area contributed by atoms with E-state index < -0.39 is 21.9 Å². The third-order valence-electron chi connectivity index (χ3n) is 2.94. The number of hydrogen-bond acceptors (Lipinski definition) is 3. The number of carboxylic acid groups (broad SMARTS) is 1. The lowest BCUT2D eigenvalue weighted by atomic mass is 9.97. The van der Waals surface area contributed by atoms with Crippen LogP contribution in [0.15, 0.2) is 29.7 Å². The Hall–Kier alpha value is -1.37. The molecule has 1 rings (SSSR count). The summed E-state index contributed by atoms with van der Waals surface area (Å²) in [6.07, 6.45) is 1.42. The molecule has 0 aromatic heterocycles. The first kappa shape index (κ1) is 17.7. The second-order valence-corrected chi connectivity index (χ2v) is 7.02. The van der Waals surface area contributed by atoms with Crippen LogP contribution < -0.4 is 4.72 Å². The Kier molecular flexibility index (Phi) is 6.39. The fourth-order valence-electron chi connectivity index (χ4n) is 1.60. The number of sulfonamides is 1. The highest BCUT2D eigenvalue weighted by atomic mass is 35.5. The summed E-state index contributed by atoms with van der Waals surface area (Å²) in [5.41, 5.74) is 0.684. The standard InChI is InChI=1S/C14H18ClNO4S/c1-10(2)13(14(17)18)9-16-21(19,20)8-7-11-3-5-12(15)6-4-11/h3-8,10,13,16H,9H2,1-2H3,(H,17,18). The number of benzene rings is 1. The van der Waals surface area contributed by atoms with E-state index in [9.17, 15) is 13.2 Å². The van der Waals surface area contributed by atoms with Crippen molar-refractivity contribution in [2.75, 3.05) is 6.54 Å². The maximum Gasteiger partial charge on any atom is 0.308 e. The molecule has 0 saturated carbocycles. The summed E-state index contributed by atoms with van der Waals surface area (Å²) < 4.78 is 25.9. The van der Waals surface area contributed by atoms with Gasteiger partial charge in [-0.05, 0) is 29.7 Å². The van der Waals surface area contributed by atoms with Crippen LogP contribution in [0.3, 0.4) is 0 Å². The fourth-order valence-corrected chi connectivity index (χ4v) is 2.57. The highest BCUT2D eigenvalue weighted by Crippen LogP contribution is 2.12. The van der Waals surface area contributed by atoms with Gasteiger partial charge < -0.3 is 5.11 Å². The Morgan fingerprint density at radius 3 is 2.38 bits per heavy atom. The molecule has 0 aliphatic heterocycles. The van der Waals surface area contributed by atoms with Crippen molar-refractivity contribution < 1.29 is 18.3 Å². The predicted molar refractivity (Wildman–Crippen MR) is 83.4 cm³/mol. The molecule has 21 heavy (non-hydrogen) atoms. The van der Waals surface area contributed by atoms with Gasteiger partial charge in [0.1, 0.15) is 0 Å². The van der Waals surface area contributed by atoms with Crippen LogP contribution in [-0.2, 0) is 14.8 Å². The van der Waals surface area contributed by atoms with Crippen molar-refractivity contribution in [1.82, 2.24) is 4.72 Å². The van der Waals surface area contributed by atoms with E-state index >= 15 is 0 Å². The molecule has 1 aromatic rings. The van der Waals surface area contributed by atoms with E-state index in [1.54, 1.807) is 38.1 Å². The zero-order valence-electron chi connectivity index (χ0n) is 11.8. The first-order valence-corrected chi connectivity index (χ1v) is 8.30. The Morgan fingerprint density at radius 1 is 1.33 bits per heavy atom. The van der Waals surface area contributed by atoms with Gasteiger partial charge in [0.25, 0.3) is 0 Å². The van der Waals surface area contributed by atoms with Gasteiger partial charge in [-0.3, -0.25) is 4.79 Å². The maximum absolute atomic E-state index is 11.8. The third kappa shape index (κ3) is 6.29. The molecule has 2 N–H and O–H groups in total. The molecule has 1 aromatic carbocycles. The normalized spacial score (nSPS) is 13.7. The van der Waals surface area contributed by atoms with Gasteiger partial charge in [-0.1, -0.05) is 37.6 Å². The fraction of sp³-hybridized carbons (Fsp3) is 0.357. The van der Waals surface area contributed by atoms with Crippen LogP contribution in [0.2, 0.25) is 5.02 Å². The van der Waals surface area contributed by atoms with Gasteiger partial charge in [0.15, 0.2) is 0 Å². The van der Waals surface area contributed by atoms with Gasteiger partial charge in [0.2, 0.25) is 10.0 Å². The average Bonchev–Trinajstić information content (AvgIpc) is 2.37. The summed E-state index contributed by atoms with van der Waals surface area (Å²) in [4.78, 5) is 11.0. The molecule has 116 valence electrons. The lowest BCUT2D eigenvalue weighted by Crippen LogP contribution is -2.34. The van der Waals surface area contributed by atoms with Crippen molar-refractivity contribution in [2.45, 2.75) is 13.8 Å². The third-order valence-corrected chi connectivity index (χ3v) is 4.25. The number of halogens is 1. The van der Waals surface area contributed by atoms with Crippen LogP contribution in [0.25, 0.3) is 6.08 Å². The van der Waals surface area contributed by atoms with E-state index in [0.29, 0.717) is 10.6 Å². The van der Waals surface area contributed by atoms with E-state index in [-0.39, 0.29) is 12.5 Å². The molecule has 1 atom stereocenters. The van der Waals surface area contributed by atoms with Gasteiger partial charge in [-0.2, -0.15) is 0 Å². The number of carboxylic acids is 1. The van der Waals surface area contributed by atoms with Gasteiger partial charge >= 0.3 is 5.97 Å². The lowest BCUT2D eigenvalue weighted by Gasteiger charge is -2.15. The van der Waals surface area contributed by atoms with E-state index in [2.05, 4.69) is 4.72 Å². The van der Waals surface area contributed by atoms with Crippen molar-refractivity contribution in [2.24, 2.45) is 11.8 Å². The van der Waals surface area contributed by atoms with Gasteiger partial charge in [0.05, 0.1) is 5.92 Å². The number of nitrogens with one attached hydrogen (secondary N) is 1. The van der Waals surface area contributed by atoms with Crippen LogP contribution in [0.4, 0.5) is 0 Å². The smallest absolute Gasteiger partial charge is 0.308 e. The number of rotatable bonds is 7. The molecule has 0 amide bonds. The van der Waals surface area contributed by atoms with Crippen molar-refractivity contribution >= 4 is 33.7 Å². The molecule has 0 fully saturated rings. The van der Waals surface area contributed by atoms with E-state index in [0.717, 1.165) is 5.41 Å². The minimum atomic E-state index is -3.68. The topological polar surface area (TPSA) is 83.5 Å². The predicted octanol–water partition coefficient (Wildman–Crippen LogP) is 2.59. The van der Waals surface area contributed by atoms with Crippen molar-refractivity contribution in [3.8, 4) is 0 Å². The average molecular weight is 332 g/mol. The van der Waals surface area contributed by atoms with Crippen LogP contribution in [0.5, 0.6) is 0 Å². The number of aliphatic carboxylic acids is 1. The minimum Gasteiger partial charge on any atom is -0.481 e. The molecule has 7 heteroatoms. The van der Waals surface area contributed by atoms with Crippen molar-refractivity contribution in [1.29, 1.82) is 0 Å². The van der Waals surface area contributed by atoms with Gasteiger partial charge in [0, 0.05) is 17.0 Å². The molecule has 0 aliphatic rings. The molecule has 0 saturated heterocycles. The highest BCUT2D eigenvalue weighted by molar-refractivity contribution is 7.92. The Balaban J connectivity index is 2.69. The lowest BCUT2D eigenvalue weighted by molar-refractivity contribution is -0.142. The molecule has 0 heterocycles. The van der Waals surface area contributed by atoms with Crippen molar-refractivity contribution in [3.05, 3.63) is 40.3 Å². The molecule has 0 spiro atoms. The second-order valence-electron chi connectivity index (χ2n) is 4.94. The van der Waals surface area contributed by atoms with Crippen molar-refractivity contribution in [3.63, 3.8) is 0 Å². The van der Waals surface area contributed by atoms with Crippen LogP contribution >= 0.6 is 11.6 Å². The first-order chi connectivity index (χ1) is 9.71. The zero-order chi connectivity index (χ0) is 16.0. The Morgan fingerprint density at radius 2 is 1.90 bits per heavy atom. The molecule has 5 nitrogen and oxygen atoms in total. The Bertz CT molecular complexity index is 608. The minimum absolute atomic E-state index is 0.139. The quantitative estimate of drug-likeness (QED) is 0.804. The molecule has 0 aliphatic carbocycles. The first-order valence-electron chi connectivity index (χ1n) is 6.37. The Labute approximate surface area is 129 Å². The summed E-state index contributed by atoms with van der Waals surface area (Å²) >= 11 is 5.74. The monoisotopic (exact) mass is 331 g/mol. The summed E-state index contributed by atoms with van der Waals surface area (Å²) in [7, 11) is -3.68. The van der Waals surface area contributed by atoms with E-state index in [1.807, 2.05) is 0 Å². The number of hydrogen-bond donors (Lipinski definition) is 2. The largest absolute Gasteiger partial charge is 0.481 e. The number of carbonyl (C=O) groups is 1. The van der Waals surface area contributed by atoms with Gasteiger partial charge in [-0.25, -0.2) is 13.1 Å². The summed E-state index contributed by atoms with van der Waals surface area (Å²) in [6.45, 7) is 3.33. The molecule has 0 bridgehead atoms. The summed E-state index contributed by atoms with van der Waals surface area (Å²) in [6, 6.07) is 6.67. The molecular formula is C14H18ClNO4S. The van der Waals surface area contributed by atoms with E-state index in [4.69, 9.17) is 16.7 Å². The van der Waals surface area contributed by atoms with Crippen LogP contribution in [0.1, 0.15) is 19.4 Å². The summed E-state index contributed by atoms with van der Waals surface area (Å²) in [5.74, 6) is -1.94. The van der Waals surface area contributed by atoms with Crippen LogP contribution in [0, 0.1) is 11.8 Å². The zero-order valence-corrected chi connectivity index (χ0v) is 13.4. The molecule has 0 radical (unpaired) electrons. The highest BCUT2D eigenvalue weighted by Gasteiger charge is 2.22. The van der Waals surface area contributed by atoms with Gasteiger partial charge in [-0.15, -0.1) is 0 Å². The molecular weight excluding hydrogens is 314 g/mol. The van der Waals surface area contributed by atoms with E-state index in [1.165, 1.54) is 6.08 Å².